The molecule has 0 radical (unpaired) electrons. The Labute approximate surface area is 112 Å². The maximum absolute atomic E-state index is 5.27. The SMILES string of the molecule is COc1cccc(-c2nc3ccc(C)cc3n2C)c1. The quantitative estimate of drug-likeness (QED) is 0.697. The van der Waals surface area contributed by atoms with E-state index in [0.29, 0.717) is 0 Å². The van der Waals surface area contributed by atoms with Crippen molar-refractivity contribution < 1.29 is 4.74 Å². The standard InChI is InChI=1S/C16H16N2O/c1-11-7-8-14-15(9-11)18(2)16(17-14)12-5-4-6-13(10-12)19-3/h4-10H,1-3H3. The summed E-state index contributed by atoms with van der Waals surface area (Å²) in [5.74, 6) is 1.81. The van der Waals surface area contributed by atoms with Gasteiger partial charge in [-0.2, -0.15) is 0 Å². The molecular formula is C16H16N2O. The van der Waals surface area contributed by atoms with E-state index >= 15 is 0 Å². The van der Waals surface area contributed by atoms with Gasteiger partial charge >= 0.3 is 0 Å². The van der Waals surface area contributed by atoms with Crippen LogP contribution in [0.1, 0.15) is 5.56 Å². The van der Waals surface area contributed by atoms with Crippen molar-refractivity contribution in [2.24, 2.45) is 7.05 Å². The number of ether oxygens (including phenoxy) is 1. The summed E-state index contributed by atoms with van der Waals surface area (Å²) in [6.07, 6.45) is 0. The normalized spacial score (nSPS) is 10.9. The van der Waals surface area contributed by atoms with Crippen molar-refractivity contribution in [3.8, 4) is 17.1 Å². The molecule has 0 spiro atoms. The lowest BCUT2D eigenvalue weighted by atomic mass is 10.2. The summed E-state index contributed by atoms with van der Waals surface area (Å²) < 4.78 is 7.39. The van der Waals surface area contributed by atoms with Crippen LogP contribution in [0.15, 0.2) is 42.5 Å². The Morgan fingerprint density at radius 2 is 1.95 bits per heavy atom. The Morgan fingerprint density at radius 3 is 2.74 bits per heavy atom. The van der Waals surface area contributed by atoms with Gasteiger partial charge in [0.15, 0.2) is 0 Å². The van der Waals surface area contributed by atoms with Gasteiger partial charge in [-0.3, -0.25) is 0 Å². The molecule has 0 aliphatic heterocycles. The van der Waals surface area contributed by atoms with Crippen LogP contribution in [0.4, 0.5) is 0 Å². The molecular weight excluding hydrogens is 236 g/mol. The second-order valence-electron chi connectivity index (χ2n) is 4.72. The van der Waals surface area contributed by atoms with E-state index in [4.69, 9.17) is 9.72 Å². The van der Waals surface area contributed by atoms with Crippen molar-refractivity contribution in [2.75, 3.05) is 7.11 Å². The molecule has 0 aliphatic rings. The zero-order valence-electron chi connectivity index (χ0n) is 11.3. The number of aromatic nitrogens is 2. The summed E-state index contributed by atoms with van der Waals surface area (Å²) in [5, 5.41) is 0. The Kier molecular flexibility index (Phi) is 2.75. The van der Waals surface area contributed by atoms with Crippen LogP contribution in [0, 0.1) is 6.92 Å². The predicted octanol–water partition coefficient (Wildman–Crippen LogP) is 3.56. The first-order valence-electron chi connectivity index (χ1n) is 6.26. The summed E-state index contributed by atoms with van der Waals surface area (Å²) in [5.41, 5.74) is 4.48. The van der Waals surface area contributed by atoms with Gasteiger partial charge in [-0.05, 0) is 36.8 Å². The van der Waals surface area contributed by atoms with Crippen LogP contribution in [-0.4, -0.2) is 16.7 Å². The molecule has 0 bridgehead atoms. The lowest BCUT2D eigenvalue weighted by Gasteiger charge is -2.05. The molecule has 2 aromatic carbocycles. The van der Waals surface area contributed by atoms with Gasteiger partial charge in [-0.1, -0.05) is 18.2 Å². The molecule has 0 saturated heterocycles. The molecule has 3 nitrogen and oxygen atoms in total. The van der Waals surface area contributed by atoms with Crippen LogP contribution < -0.4 is 4.74 Å². The third kappa shape index (κ3) is 1.97. The number of fused-ring (bicyclic) bond motifs is 1. The molecule has 0 N–H and O–H groups in total. The van der Waals surface area contributed by atoms with E-state index in [-0.39, 0.29) is 0 Å². The summed E-state index contributed by atoms with van der Waals surface area (Å²) in [4.78, 5) is 4.71. The Balaban J connectivity index is 2.21. The lowest BCUT2D eigenvalue weighted by Crippen LogP contribution is -1.93. The van der Waals surface area contributed by atoms with Gasteiger partial charge in [0.05, 0.1) is 18.1 Å². The minimum atomic E-state index is 0.848. The molecule has 19 heavy (non-hydrogen) atoms. The van der Waals surface area contributed by atoms with Crippen LogP contribution in [0.25, 0.3) is 22.4 Å². The molecule has 1 heterocycles. The van der Waals surface area contributed by atoms with Crippen molar-refractivity contribution in [1.82, 2.24) is 9.55 Å². The molecule has 0 unspecified atom stereocenters. The van der Waals surface area contributed by atoms with Gasteiger partial charge in [0, 0.05) is 12.6 Å². The summed E-state index contributed by atoms with van der Waals surface area (Å²) in [6.45, 7) is 2.09. The maximum Gasteiger partial charge on any atom is 0.140 e. The number of nitrogens with zero attached hydrogens (tertiary/aromatic N) is 2. The number of hydrogen-bond acceptors (Lipinski definition) is 2. The second kappa shape index (κ2) is 4.43. The number of aryl methyl sites for hydroxylation is 2. The molecule has 1 aromatic heterocycles. The minimum absolute atomic E-state index is 0.848. The van der Waals surface area contributed by atoms with Crippen molar-refractivity contribution >= 4 is 11.0 Å². The van der Waals surface area contributed by atoms with E-state index in [9.17, 15) is 0 Å². The fourth-order valence-corrected chi connectivity index (χ4v) is 2.32. The van der Waals surface area contributed by atoms with E-state index in [1.807, 2.05) is 25.2 Å². The molecule has 3 rings (SSSR count). The molecule has 0 saturated carbocycles. The average molecular weight is 252 g/mol. The van der Waals surface area contributed by atoms with Gasteiger partial charge in [0.25, 0.3) is 0 Å². The van der Waals surface area contributed by atoms with Crippen LogP contribution >= 0.6 is 0 Å². The smallest absolute Gasteiger partial charge is 0.140 e. The maximum atomic E-state index is 5.27. The first kappa shape index (κ1) is 11.8. The first-order valence-corrected chi connectivity index (χ1v) is 6.26. The zero-order valence-corrected chi connectivity index (χ0v) is 11.3. The van der Waals surface area contributed by atoms with E-state index in [1.54, 1.807) is 7.11 Å². The number of imidazole rings is 1. The average Bonchev–Trinajstić information content (AvgIpc) is 2.76. The van der Waals surface area contributed by atoms with Crippen molar-refractivity contribution in [3.05, 3.63) is 48.0 Å². The third-order valence-corrected chi connectivity index (χ3v) is 3.36. The third-order valence-electron chi connectivity index (χ3n) is 3.36. The van der Waals surface area contributed by atoms with Crippen molar-refractivity contribution in [1.29, 1.82) is 0 Å². The van der Waals surface area contributed by atoms with Crippen LogP contribution in [-0.2, 0) is 7.05 Å². The van der Waals surface area contributed by atoms with Gasteiger partial charge in [-0.15, -0.1) is 0 Å². The largest absolute Gasteiger partial charge is 0.497 e. The number of benzene rings is 2. The molecule has 0 amide bonds. The summed E-state index contributed by atoms with van der Waals surface area (Å²) in [6, 6.07) is 14.3. The topological polar surface area (TPSA) is 27.1 Å². The van der Waals surface area contributed by atoms with Crippen LogP contribution in [0.3, 0.4) is 0 Å². The van der Waals surface area contributed by atoms with E-state index in [1.165, 1.54) is 5.56 Å². The monoisotopic (exact) mass is 252 g/mol. The number of rotatable bonds is 2. The fourth-order valence-electron chi connectivity index (χ4n) is 2.32. The highest BCUT2D eigenvalue weighted by Gasteiger charge is 2.10. The first-order chi connectivity index (χ1) is 9.19. The highest BCUT2D eigenvalue weighted by molar-refractivity contribution is 5.81. The fraction of sp³-hybridized carbons (Fsp3) is 0.188. The molecule has 3 aromatic rings. The summed E-state index contributed by atoms with van der Waals surface area (Å²) in [7, 11) is 3.72. The number of methoxy groups -OCH3 is 1. The van der Waals surface area contributed by atoms with E-state index < -0.39 is 0 Å². The van der Waals surface area contributed by atoms with E-state index in [2.05, 4.69) is 35.8 Å². The van der Waals surface area contributed by atoms with Gasteiger partial charge < -0.3 is 9.30 Å². The van der Waals surface area contributed by atoms with Gasteiger partial charge in [-0.25, -0.2) is 4.98 Å². The highest BCUT2D eigenvalue weighted by atomic mass is 16.5. The second-order valence-corrected chi connectivity index (χ2v) is 4.72. The number of hydrogen-bond donors (Lipinski definition) is 0. The Bertz CT molecular complexity index is 744. The van der Waals surface area contributed by atoms with Crippen LogP contribution in [0.5, 0.6) is 5.75 Å². The molecule has 3 heteroatoms. The minimum Gasteiger partial charge on any atom is -0.497 e. The van der Waals surface area contributed by atoms with Crippen LogP contribution in [0.2, 0.25) is 0 Å². The highest BCUT2D eigenvalue weighted by Crippen LogP contribution is 2.26. The summed E-state index contributed by atoms with van der Waals surface area (Å²) >= 11 is 0. The van der Waals surface area contributed by atoms with Crippen molar-refractivity contribution in [2.45, 2.75) is 6.92 Å². The molecule has 0 aliphatic carbocycles. The zero-order chi connectivity index (χ0) is 13.4. The van der Waals surface area contributed by atoms with Gasteiger partial charge in [0.1, 0.15) is 11.6 Å². The molecule has 0 fully saturated rings. The Morgan fingerprint density at radius 1 is 1.11 bits per heavy atom. The van der Waals surface area contributed by atoms with Gasteiger partial charge in [0.2, 0.25) is 0 Å². The predicted molar refractivity (Wildman–Crippen MR) is 77.4 cm³/mol. The molecule has 96 valence electrons. The molecule has 0 atom stereocenters. The van der Waals surface area contributed by atoms with E-state index in [0.717, 1.165) is 28.2 Å². The lowest BCUT2D eigenvalue weighted by molar-refractivity contribution is 0.415. The van der Waals surface area contributed by atoms with Crippen molar-refractivity contribution in [3.63, 3.8) is 0 Å². The Hall–Kier alpha value is -2.29.